The van der Waals surface area contributed by atoms with E-state index in [-0.39, 0.29) is 10.9 Å². The van der Waals surface area contributed by atoms with Gasteiger partial charge in [-0.3, -0.25) is 9.67 Å². The van der Waals surface area contributed by atoms with Crippen LogP contribution in [-0.4, -0.2) is 29.4 Å². The van der Waals surface area contributed by atoms with Gasteiger partial charge in [0.25, 0.3) is 0 Å². The van der Waals surface area contributed by atoms with Crippen molar-refractivity contribution in [1.82, 2.24) is 14.8 Å². The standard InChI is InChI=1S/C14H14ClN3O2S/c1-21(19,20)14-12-6-7-16-8-13(12)18(17-14)9-10-2-4-11(15)5-3-10/h2,4-8,10H,3,9H2,1H3. The Morgan fingerprint density at radius 1 is 1.48 bits per heavy atom. The fourth-order valence-corrected chi connectivity index (χ4v) is 3.38. The highest BCUT2D eigenvalue weighted by molar-refractivity contribution is 7.90. The third kappa shape index (κ3) is 2.87. The SMILES string of the molecule is CS(=O)(=O)c1nn(CC2C=CC(Cl)=CC2)c2cnccc12. The summed E-state index contributed by atoms with van der Waals surface area (Å²) in [4.78, 5) is 4.07. The number of hydrogen-bond acceptors (Lipinski definition) is 4. The zero-order chi connectivity index (χ0) is 15.0. The summed E-state index contributed by atoms with van der Waals surface area (Å²) in [5.74, 6) is 0.239. The van der Waals surface area contributed by atoms with E-state index in [4.69, 9.17) is 11.6 Å². The van der Waals surface area contributed by atoms with Gasteiger partial charge < -0.3 is 0 Å². The third-order valence-electron chi connectivity index (χ3n) is 3.42. The van der Waals surface area contributed by atoms with Gasteiger partial charge in [0.05, 0.1) is 11.7 Å². The molecule has 0 amide bonds. The second kappa shape index (κ2) is 5.27. The molecule has 2 heterocycles. The number of pyridine rings is 1. The second-order valence-electron chi connectivity index (χ2n) is 5.10. The van der Waals surface area contributed by atoms with Crippen LogP contribution in [0.5, 0.6) is 0 Å². The number of fused-ring (bicyclic) bond motifs is 1. The minimum Gasteiger partial charge on any atom is -0.262 e. The maximum absolute atomic E-state index is 11.9. The minimum absolute atomic E-state index is 0.105. The van der Waals surface area contributed by atoms with Crippen LogP contribution in [0.4, 0.5) is 0 Å². The molecule has 0 spiro atoms. The summed E-state index contributed by atoms with van der Waals surface area (Å²) in [6.07, 6.45) is 11.0. The Balaban J connectivity index is 2.02. The third-order valence-corrected chi connectivity index (χ3v) is 4.71. The lowest BCUT2D eigenvalue weighted by molar-refractivity contribution is 0.492. The summed E-state index contributed by atoms with van der Waals surface area (Å²) in [6, 6.07) is 1.68. The zero-order valence-electron chi connectivity index (χ0n) is 11.4. The number of aromatic nitrogens is 3. The highest BCUT2D eigenvalue weighted by Gasteiger charge is 2.20. The van der Waals surface area contributed by atoms with E-state index in [1.54, 1.807) is 23.1 Å². The molecule has 110 valence electrons. The predicted octanol–water partition coefficient (Wildman–Crippen LogP) is 2.53. The number of allylic oxidation sites excluding steroid dienone is 4. The van der Waals surface area contributed by atoms with Crippen LogP contribution < -0.4 is 0 Å². The van der Waals surface area contributed by atoms with Gasteiger partial charge in [-0.2, -0.15) is 5.10 Å². The summed E-state index contributed by atoms with van der Waals surface area (Å²) in [6.45, 7) is 0.592. The van der Waals surface area contributed by atoms with Crippen LogP contribution in [0.25, 0.3) is 10.9 Å². The Morgan fingerprint density at radius 3 is 2.95 bits per heavy atom. The molecule has 2 aromatic heterocycles. The number of sulfone groups is 1. The molecule has 21 heavy (non-hydrogen) atoms. The van der Waals surface area contributed by atoms with E-state index >= 15 is 0 Å². The van der Waals surface area contributed by atoms with Crippen LogP contribution in [0.15, 0.2) is 46.7 Å². The lowest BCUT2D eigenvalue weighted by Crippen LogP contribution is -2.11. The smallest absolute Gasteiger partial charge is 0.195 e. The molecule has 7 heteroatoms. The lowest BCUT2D eigenvalue weighted by atomic mass is 10.0. The van der Waals surface area contributed by atoms with Gasteiger partial charge in [0.2, 0.25) is 0 Å². The van der Waals surface area contributed by atoms with E-state index in [9.17, 15) is 8.42 Å². The highest BCUT2D eigenvalue weighted by Crippen LogP contribution is 2.25. The molecule has 1 unspecified atom stereocenters. The van der Waals surface area contributed by atoms with Crippen molar-refractivity contribution >= 4 is 32.3 Å². The van der Waals surface area contributed by atoms with Crippen molar-refractivity contribution in [3.8, 4) is 0 Å². The monoisotopic (exact) mass is 323 g/mol. The molecular formula is C14H14ClN3O2S. The molecule has 0 bridgehead atoms. The summed E-state index contributed by atoms with van der Waals surface area (Å²) >= 11 is 5.91. The van der Waals surface area contributed by atoms with Crippen LogP contribution in [0.2, 0.25) is 0 Å². The van der Waals surface area contributed by atoms with Crippen LogP contribution in [-0.2, 0) is 16.4 Å². The summed E-state index contributed by atoms with van der Waals surface area (Å²) < 4.78 is 25.4. The molecule has 0 N–H and O–H groups in total. The molecule has 0 aromatic carbocycles. The van der Waals surface area contributed by atoms with Gasteiger partial charge >= 0.3 is 0 Å². The van der Waals surface area contributed by atoms with Gasteiger partial charge in [0, 0.05) is 35.3 Å². The van der Waals surface area contributed by atoms with E-state index in [0.29, 0.717) is 11.9 Å². The Kier molecular flexibility index (Phi) is 3.59. The van der Waals surface area contributed by atoms with Crippen molar-refractivity contribution in [1.29, 1.82) is 0 Å². The zero-order valence-corrected chi connectivity index (χ0v) is 13.0. The molecule has 3 rings (SSSR count). The number of rotatable bonds is 3. The average Bonchev–Trinajstić information content (AvgIpc) is 2.81. The Labute approximate surface area is 127 Å². The highest BCUT2D eigenvalue weighted by atomic mass is 35.5. The fourth-order valence-electron chi connectivity index (χ4n) is 2.40. The number of hydrogen-bond donors (Lipinski definition) is 0. The van der Waals surface area contributed by atoms with Crippen LogP contribution >= 0.6 is 11.6 Å². The predicted molar refractivity (Wildman–Crippen MR) is 81.8 cm³/mol. The normalized spacial score (nSPS) is 19.0. The van der Waals surface area contributed by atoms with Crippen molar-refractivity contribution in [3.05, 3.63) is 41.7 Å². The van der Waals surface area contributed by atoms with E-state index in [2.05, 4.69) is 10.1 Å². The van der Waals surface area contributed by atoms with Crippen molar-refractivity contribution in [2.75, 3.05) is 6.26 Å². The first-order valence-corrected chi connectivity index (χ1v) is 8.76. The van der Waals surface area contributed by atoms with Crippen molar-refractivity contribution in [2.45, 2.75) is 18.0 Å². The van der Waals surface area contributed by atoms with Crippen LogP contribution in [0, 0.1) is 5.92 Å². The molecular weight excluding hydrogens is 310 g/mol. The van der Waals surface area contributed by atoms with Gasteiger partial charge in [0.1, 0.15) is 0 Å². The van der Waals surface area contributed by atoms with Crippen molar-refractivity contribution in [3.63, 3.8) is 0 Å². The van der Waals surface area contributed by atoms with Crippen molar-refractivity contribution in [2.24, 2.45) is 5.92 Å². The second-order valence-corrected chi connectivity index (χ2v) is 7.46. The van der Waals surface area contributed by atoms with Gasteiger partial charge in [-0.05, 0) is 18.6 Å². The molecule has 0 saturated carbocycles. The fraction of sp³-hybridized carbons (Fsp3) is 0.286. The Bertz CT molecular complexity index is 852. The van der Waals surface area contributed by atoms with Gasteiger partial charge in [0.15, 0.2) is 14.9 Å². The van der Waals surface area contributed by atoms with Crippen molar-refractivity contribution < 1.29 is 8.42 Å². The molecule has 2 aromatic rings. The first-order chi connectivity index (χ1) is 9.95. The van der Waals surface area contributed by atoms with E-state index in [0.717, 1.165) is 17.0 Å². The molecule has 0 aliphatic heterocycles. The first kappa shape index (κ1) is 14.3. The topological polar surface area (TPSA) is 64.8 Å². The Hall–Kier alpha value is -1.66. The molecule has 1 atom stereocenters. The van der Waals surface area contributed by atoms with Crippen LogP contribution in [0.3, 0.4) is 0 Å². The molecule has 1 aliphatic carbocycles. The summed E-state index contributed by atoms with van der Waals surface area (Å²) in [7, 11) is -3.37. The maximum atomic E-state index is 11.9. The van der Waals surface area contributed by atoms with Crippen LogP contribution in [0.1, 0.15) is 6.42 Å². The quantitative estimate of drug-likeness (QED) is 0.870. The maximum Gasteiger partial charge on any atom is 0.195 e. The first-order valence-electron chi connectivity index (χ1n) is 6.49. The molecule has 1 aliphatic rings. The van der Waals surface area contributed by atoms with Gasteiger partial charge in [-0.15, -0.1) is 0 Å². The van der Waals surface area contributed by atoms with E-state index in [1.807, 2.05) is 18.2 Å². The lowest BCUT2D eigenvalue weighted by Gasteiger charge is -2.14. The molecule has 0 fully saturated rings. The number of nitrogens with zero attached hydrogens (tertiary/aromatic N) is 3. The molecule has 0 saturated heterocycles. The van der Waals surface area contributed by atoms with Gasteiger partial charge in [-0.1, -0.05) is 23.8 Å². The average molecular weight is 324 g/mol. The molecule has 0 radical (unpaired) electrons. The molecule has 5 nitrogen and oxygen atoms in total. The number of halogens is 1. The minimum atomic E-state index is -3.37. The summed E-state index contributed by atoms with van der Waals surface area (Å²) in [5.41, 5.74) is 0.729. The van der Waals surface area contributed by atoms with E-state index < -0.39 is 9.84 Å². The Morgan fingerprint density at radius 2 is 2.29 bits per heavy atom. The largest absolute Gasteiger partial charge is 0.262 e. The summed E-state index contributed by atoms with van der Waals surface area (Å²) in [5, 5.41) is 5.72. The van der Waals surface area contributed by atoms with Gasteiger partial charge in [-0.25, -0.2) is 8.42 Å². The van der Waals surface area contributed by atoms with E-state index in [1.165, 1.54) is 6.26 Å².